The van der Waals surface area contributed by atoms with E-state index in [2.05, 4.69) is 20.8 Å². The Hall–Kier alpha value is -0.0400. The van der Waals surface area contributed by atoms with Crippen molar-refractivity contribution in [3.8, 4) is 0 Å². The number of rotatable bonds is 4. The molecule has 0 amide bonds. The Morgan fingerprint density at radius 3 is 2.08 bits per heavy atom. The molecule has 0 aliphatic heterocycles. The predicted octanol–water partition coefficient (Wildman–Crippen LogP) is 3.19. The molecule has 0 spiro atoms. The largest absolute Gasteiger partial charge is 0.328 e. The minimum atomic E-state index is 0.382. The van der Waals surface area contributed by atoms with Gasteiger partial charge in [-0.3, -0.25) is 0 Å². The average molecular weight is 183 g/mol. The van der Waals surface area contributed by atoms with Gasteiger partial charge in [-0.25, -0.2) is 0 Å². The summed E-state index contributed by atoms with van der Waals surface area (Å²) in [4.78, 5) is 0. The third-order valence-electron chi connectivity index (χ3n) is 3.51. The molecule has 2 atom stereocenters. The summed E-state index contributed by atoms with van der Waals surface area (Å²) in [6, 6.07) is 0.382. The molecule has 1 heteroatoms. The molecule has 1 aliphatic rings. The van der Waals surface area contributed by atoms with E-state index in [4.69, 9.17) is 5.73 Å². The number of nitrogens with two attached hydrogens (primary N) is 1. The Morgan fingerprint density at radius 1 is 1.15 bits per heavy atom. The Bertz CT molecular complexity index is 134. The van der Waals surface area contributed by atoms with Crippen LogP contribution in [0.4, 0.5) is 0 Å². The van der Waals surface area contributed by atoms with Crippen molar-refractivity contribution in [3.05, 3.63) is 0 Å². The van der Waals surface area contributed by atoms with Gasteiger partial charge in [0.15, 0.2) is 0 Å². The van der Waals surface area contributed by atoms with Gasteiger partial charge in [0.1, 0.15) is 0 Å². The second-order valence-corrected chi connectivity index (χ2v) is 5.17. The van der Waals surface area contributed by atoms with Crippen LogP contribution in [0.2, 0.25) is 0 Å². The summed E-state index contributed by atoms with van der Waals surface area (Å²) in [5, 5.41) is 0. The van der Waals surface area contributed by atoms with Gasteiger partial charge in [-0.1, -0.05) is 39.5 Å². The fourth-order valence-corrected chi connectivity index (χ4v) is 2.82. The van der Waals surface area contributed by atoms with Crippen molar-refractivity contribution >= 4 is 0 Å². The van der Waals surface area contributed by atoms with Crippen molar-refractivity contribution in [1.29, 1.82) is 0 Å². The van der Waals surface area contributed by atoms with Gasteiger partial charge in [0.2, 0.25) is 0 Å². The lowest BCUT2D eigenvalue weighted by Gasteiger charge is -2.28. The van der Waals surface area contributed by atoms with E-state index in [9.17, 15) is 0 Å². The van der Waals surface area contributed by atoms with Crippen molar-refractivity contribution in [2.24, 2.45) is 23.5 Å². The van der Waals surface area contributed by atoms with E-state index < -0.39 is 0 Å². The molecule has 13 heavy (non-hydrogen) atoms. The van der Waals surface area contributed by atoms with Crippen molar-refractivity contribution in [2.75, 3.05) is 0 Å². The van der Waals surface area contributed by atoms with E-state index in [0.29, 0.717) is 6.04 Å². The first-order valence-electron chi connectivity index (χ1n) is 5.87. The summed E-state index contributed by atoms with van der Waals surface area (Å²) in [6.45, 7) is 6.85. The zero-order chi connectivity index (χ0) is 9.84. The van der Waals surface area contributed by atoms with Crippen molar-refractivity contribution in [2.45, 2.75) is 58.9 Å². The summed E-state index contributed by atoms with van der Waals surface area (Å²) < 4.78 is 0. The first-order valence-corrected chi connectivity index (χ1v) is 5.87. The van der Waals surface area contributed by atoms with Crippen LogP contribution in [0.25, 0.3) is 0 Å². The predicted molar refractivity (Wildman–Crippen MR) is 58.6 cm³/mol. The lowest BCUT2D eigenvalue weighted by molar-refractivity contribution is 0.229. The summed E-state index contributed by atoms with van der Waals surface area (Å²) >= 11 is 0. The van der Waals surface area contributed by atoms with E-state index in [0.717, 1.165) is 17.8 Å². The van der Waals surface area contributed by atoms with Crippen LogP contribution in [0.15, 0.2) is 0 Å². The maximum Gasteiger partial charge on any atom is 0.00133 e. The van der Waals surface area contributed by atoms with Gasteiger partial charge in [0.05, 0.1) is 0 Å². The second-order valence-electron chi connectivity index (χ2n) is 5.17. The van der Waals surface area contributed by atoms with Crippen LogP contribution in [0, 0.1) is 17.8 Å². The summed E-state index contributed by atoms with van der Waals surface area (Å²) in [5.74, 6) is 2.67. The van der Waals surface area contributed by atoms with Crippen LogP contribution in [-0.2, 0) is 0 Å². The molecular formula is C12H25N. The van der Waals surface area contributed by atoms with Crippen LogP contribution in [0.3, 0.4) is 0 Å². The van der Waals surface area contributed by atoms with Crippen molar-refractivity contribution < 1.29 is 0 Å². The van der Waals surface area contributed by atoms with Gasteiger partial charge in [0.25, 0.3) is 0 Å². The van der Waals surface area contributed by atoms with E-state index in [1.165, 1.54) is 32.1 Å². The molecule has 0 heterocycles. The van der Waals surface area contributed by atoms with E-state index in [1.807, 2.05) is 0 Å². The van der Waals surface area contributed by atoms with Crippen LogP contribution in [0.1, 0.15) is 52.9 Å². The van der Waals surface area contributed by atoms with Gasteiger partial charge < -0.3 is 5.73 Å². The molecule has 0 aromatic carbocycles. The first-order chi connectivity index (χ1) is 6.11. The molecule has 0 aromatic rings. The first kappa shape index (κ1) is 11.0. The highest BCUT2D eigenvalue weighted by molar-refractivity contribution is 4.79. The van der Waals surface area contributed by atoms with Crippen LogP contribution >= 0.6 is 0 Å². The standard InChI is InChI=1S/C12H25N/c1-9(2)12(8-10(3)13)11-6-4-5-7-11/h9-12H,4-8,13H2,1-3H3. The molecular weight excluding hydrogens is 158 g/mol. The monoisotopic (exact) mass is 183 g/mol. The SMILES string of the molecule is CC(N)CC(C(C)C)C1CCCC1. The second kappa shape index (κ2) is 4.99. The van der Waals surface area contributed by atoms with Crippen molar-refractivity contribution in [1.82, 2.24) is 0 Å². The molecule has 0 bridgehead atoms. The minimum absolute atomic E-state index is 0.382. The number of hydrogen-bond donors (Lipinski definition) is 1. The zero-order valence-electron chi connectivity index (χ0n) is 9.42. The van der Waals surface area contributed by atoms with Crippen molar-refractivity contribution in [3.63, 3.8) is 0 Å². The molecule has 1 nitrogen and oxygen atoms in total. The Morgan fingerprint density at radius 2 is 1.69 bits per heavy atom. The highest BCUT2D eigenvalue weighted by atomic mass is 14.6. The quantitative estimate of drug-likeness (QED) is 0.711. The summed E-state index contributed by atoms with van der Waals surface area (Å²) in [7, 11) is 0. The van der Waals surface area contributed by atoms with Gasteiger partial charge in [-0.05, 0) is 31.1 Å². The van der Waals surface area contributed by atoms with Gasteiger partial charge in [-0.15, -0.1) is 0 Å². The fourth-order valence-electron chi connectivity index (χ4n) is 2.82. The lowest BCUT2D eigenvalue weighted by Crippen LogP contribution is -2.27. The Balaban J connectivity index is 2.45. The van der Waals surface area contributed by atoms with Crippen LogP contribution in [-0.4, -0.2) is 6.04 Å². The third-order valence-corrected chi connectivity index (χ3v) is 3.51. The fraction of sp³-hybridized carbons (Fsp3) is 1.00. The highest BCUT2D eigenvalue weighted by Gasteiger charge is 2.27. The molecule has 1 saturated carbocycles. The van der Waals surface area contributed by atoms with Gasteiger partial charge >= 0.3 is 0 Å². The minimum Gasteiger partial charge on any atom is -0.328 e. The molecule has 78 valence electrons. The molecule has 2 N–H and O–H groups in total. The maximum absolute atomic E-state index is 5.90. The van der Waals surface area contributed by atoms with Crippen LogP contribution in [0.5, 0.6) is 0 Å². The molecule has 2 unspecified atom stereocenters. The summed E-state index contributed by atoms with van der Waals surface area (Å²) in [6.07, 6.45) is 7.03. The zero-order valence-corrected chi connectivity index (χ0v) is 9.42. The normalized spacial score (nSPS) is 23.8. The Kier molecular flexibility index (Phi) is 4.24. The molecule has 0 aromatic heterocycles. The van der Waals surface area contributed by atoms with Gasteiger partial charge in [-0.2, -0.15) is 0 Å². The molecule has 1 fully saturated rings. The molecule has 0 saturated heterocycles. The van der Waals surface area contributed by atoms with Gasteiger partial charge in [0, 0.05) is 6.04 Å². The van der Waals surface area contributed by atoms with E-state index >= 15 is 0 Å². The lowest BCUT2D eigenvalue weighted by atomic mass is 9.78. The molecule has 1 rings (SSSR count). The maximum atomic E-state index is 5.90. The Labute approximate surface area is 83.1 Å². The highest BCUT2D eigenvalue weighted by Crippen LogP contribution is 2.37. The summed E-state index contributed by atoms with van der Waals surface area (Å²) in [5.41, 5.74) is 5.90. The molecule has 0 radical (unpaired) electrons. The number of hydrogen-bond acceptors (Lipinski definition) is 1. The smallest absolute Gasteiger partial charge is 0.00133 e. The average Bonchev–Trinajstić information content (AvgIpc) is 2.50. The van der Waals surface area contributed by atoms with E-state index in [-0.39, 0.29) is 0 Å². The topological polar surface area (TPSA) is 26.0 Å². The van der Waals surface area contributed by atoms with Crippen LogP contribution < -0.4 is 5.73 Å². The third kappa shape index (κ3) is 3.30. The molecule has 1 aliphatic carbocycles. The van der Waals surface area contributed by atoms with E-state index in [1.54, 1.807) is 0 Å².